The molecule has 0 spiro atoms. The minimum absolute atomic E-state index is 0.137. The Kier molecular flexibility index (Phi) is 4.61. The van der Waals surface area contributed by atoms with Crippen LogP contribution < -0.4 is 10.2 Å². The first-order valence-corrected chi connectivity index (χ1v) is 7.64. The van der Waals surface area contributed by atoms with Gasteiger partial charge in [0.1, 0.15) is 11.5 Å². The first-order valence-electron chi connectivity index (χ1n) is 7.64. The van der Waals surface area contributed by atoms with Crippen molar-refractivity contribution < 1.29 is 14.6 Å². The Morgan fingerprint density at radius 2 is 2.08 bits per heavy atom. The third-order valence-corrected chi connectivity index (χ3v) is 3.64. The smallest absolute Gasteiger partial charge is 0.272 e. The fraction of sp³-hybridized carbons (Fsp3) is 0.105. The van der Waals surface area contributed by atoms with Gasteiger partial charge >= 0.3 is 0 Å². The summed E-state index contributed by atoms with van der Waals surface area (Å²) < 4.78 is 5.22. The van der Waals surface area contributed by atoms with Crippen molar-refractivity contribution in [2.24, 2.45) is 5.10 Å². The molecular weight excluding hydrogens is 318 g/mol. The number of rotatable bonds is 4. The fourth-order valence-electron chi connectivity index (χ4n) is 2.48. The van der Waals surface area contributed by atoms with Gasteiger partial charge in [0.25, 0.3) is 5.91 Å². The van der Waals surface area contributed by atoms with Crippen molar-refractivity contribution in [3.63, 3.8) is 0 Å². The highest BCUT2D eigenvalue weighted by atomic mass is 16.5. The zero-order valence-corrected chi connectivity index (χ0v) is 13.9. The van der Waals surface area contributed by atoms with E-state index in [1.165, 1.54) is 6.21 Å². The maximum absolute atomic E-state index is 12.5. The van der Waals surface area contributed by atoms with Crippen LogP contribution in [0.25, 0.3) is 10.9 Å². The monoisotopic (exact) mass is 335 g/mol. The second kappa shape index (κ2) is 7.00. The SMILES string of the molecule is COc1ccc2nc(C)cc(C(=O)NN=Cc3cccc(O)c3)c2c1. The van der Waals surface area contributed by atoms with Crippen LogP contribution in [0.3, 0.4) is 0 Å². The third kappa shape index (κ3) is 3.74. The highest BCUT2D eigenvalue weighted by Gasteiger charge is 2.12. The predicted molar refractivity (Wildman–Crippen MR) is 96.2 cm³/mol. The summed E-state index contributed by atoms with van der Waals surface area (Å²) in [5, 5.41) is 14.1. The molecule has 0 fully saturated rings. The summed E-state index contributed by atoms with van der Waals surface area (Å²) in [6.07, 6.45) is 1.47. The molecule has 0 bridgehead atoms. The number of nitrogens with one attached hydrogen (secondary N) is 1. The number of amides is 1. The van der Waals surface area contributed by atoms with Crippen LogP contribution in [0.1, 0.15) is 21.6 Å². The number of nitrogens with zero attached hydrogens (tertiary/aromatic N) is 2. The Balaban J connectivity index is 1.88. The summed E-state index contributed by atoms with van der Waals surface area (Å²) in [6.45, 7) is 1.83. The fourth-order valence-corrected chi connectivity index (χ4v) is 2.48. The average molecular weight is 335 g/mol. The van der Waals surface area contributed by atoms with Crippen LogP contribution in [0, 0.1) is 6.92 Å². The molecule has 0 radical (unpaired) electrons. The number of aromatic hydroxyl groups is 1. The summed E-state index contributed by atoms with van der Waals surface area (Å²) in [4.78, 5) is 17.0. The maximum Gasteiger partial charge on any atom is 0.272 e. The Morgan fingerprint density at radius 1 is 1.24 bits per heavy atom. The van der Waals surface area contributed by atoms with E-state index in [1.807, 2.05) is 13.0 Å². The van der Waals surface area contributed by atoms with Crippen LogP contribution in [-0.2, 0) is 0 Å². The van der Waals surface area contributed by atoms with Crippen LogP contribution in [0.4, 0.5) is 0 Å². The van der Waals surface area contributed by atoms with Gasteiger partial charge < -0.3 is 9.84 Å². The van der Waals surface area contributed by atoms with Gasteiger partial charge in [0, 0.05) is 11.1 Å². The van der Waals surface area contributed by atoms with E-state index in [0.717, 1.165) is 5.69 Å². The molecule has 0 aliphatic carbocycles. The highest BCUT2D eigenvalue weighted by Crippen LogP contribution is 2.23. The lowest BCUT2D eigenvalue weighted by Crippen LogP contribution is -2.18. The first-order chi connectivity index (χ1) is 12.1. The van der Waals surface area contributed by atoms with Crippen LogP contribution in [0.15, 0.2) is 53.6 Å². The summed E-state index contributed by atoms with van der Waals surface area (Å²) in [5.41, 5.74) is 5.10. The van der Waals surface area contributed by atoms with Gasteiger partial charge in [-0.15, -0.1) is 0 Å². The number of hydrazone groups is 1. The van der Waals surface area contributed by atoms with Crippen molar-refractivity contribution in [1.82, 2.24) is 10.4 Å². The molecule has 126 valence electrons. The molecule has 0 saturated carbocycles. The summed E-state index contributed by atoms with van der Waals surface area (Å²) in [7, 11) is 1.57. The number of methoxy groups -OCH3 is 1. The van der Waals surface area contributed by atoms with E-state index in [9.17, 15) is 9.90 Å². The molecule has 0 unspecified atom stereocenters. The molecule has 0 saturated heterocycles. The summed E-state index contributed by atoms with van der Waals surface area (Å²) in [5.74, 6) is 0.439. The predicted octanol–water partition coefficient (Wildman–Crippen LogP) is 3.02. The molecule has 25 heavy (non-hydrogen) atoms. The van der Waals surface area contributed by atoms with Crippen molar-refractivity contribution >= 4 is 23.0 Å². The number of benzene rings is 2. The second-order valence-electron chi connectivity index (χ2n) is 5.49. The molecule has 1 heterocycles. The van der Waals surface area contributed by atoms with Crippen LogP contribution >= 0.6 is 0 Å². The molecule has 2 aromatic carbocycles. The van der Waals surface area contributed by atoms with Crippen LogP contribution in [0.2, 0.25) is 0 Å². The molecule has 3 aromatic rings. The third-order valence-electron chi connectivity index (χ3n) is 3.64. The molecule has 1 amide bonds. The summed E-state index contributed by atoms with van der Waals surface area (Å²) in [6, 6.07) is 13.7. The van der Waals surface area contributed by atoms with Gasteiger partial charge in [0.05, 0.1) is 24.4 Å². The van der Waals surface area contributed by atoms with E-state index < -0.39 is 0 Å². The van der Waals surface area contributed by atoms with E-state index in [-0.39, 0.29) is 11.7 Å². The number of fused-ring (bicyclic) bond motifs is 1. The number of pyridine rings is 1. The lowest BCUT2D eigenvalue weighted by atomic mass is 10.1. The van der Waals surface area contributed by atoms with E-state index in [4.69, 9.17) is 4.74 Å². The number of phenols is 1. The van der Waals surface area contributed by atoms with Crippen molar-refractivity contribution in [2.75, 3.05) is 7.11 Å². The Bertz CT molecular complexity index is 967. The standard InChI is InChI=1S/C19H17N3O3/c1-12-8-17(16-10-15(25-2)6-7-18(16)21-12)19(24)22-20-11-13-4-3-5-14(23)9-13/h3-11,23H,1-2H3,(H,22,24). The topological polar surface area (TPSA) is 83.8 Å². The van der Waals surface area contributed by atoms with Gasteiger partial charge in [0.2, 0.25) is 0 Å². The molecule has 0 aliphatic rings. The Labute approximate surface area is 144 Å². The number of carbonyl (C=O) groups is 1. The average Bonchev–Trinajstić information content (AvgIpc) is 2.60. The lowest BCUT2D eigenvalue weighted by Gasteiger charge is -2.08. The number of hydrogen-bond donors (Lipinski definition) is 2. The molecular formula is C19H17N3O3. The van der Waals surface area contributed by atoms with Gasteiger partial charge in [-0.3, -0.25) is 9.78 Å². The van der Waals surface area contributed by atoms with E-state index >= 15 is 0 Å². The van der Waals surface area contributed by atoms with Crippen LogP contribution in [-0.4, -0.2) is 29.3 Å². The van der Waals surface area contributed by atoms with Crippen molar-refractivity contribution in [2.45, 2.75) is 6.92 Å². The molecule has 6 heteroatoms. The lowest BCUT2D eigenvalue weighted by molar-refractivity contribution is 0.0956. The van der Waals surface area contributed by atoms with Gasteiger partial charge in [0.15, 0.2) is 0 Å². The molecule has 0 aliphatic heterocycles. The number of hydrogen-bond acceptors (Lipinski definition) is 5. The summed E-state index contributed by atoms with van der Waals surface area (Å²) >= 11 is 0. The van der Waals surface area contributed by atoms with Crippen molar-refractivity contribution in [3.8, 4) is 11.5 Å². The molecule has 3 rings (SSSR count). The molecule has 2 N–H and O–H groups in total. The van der Waals surface area contributed by atoms with Crippen molar-refractivity contribution in [3.05, 3.63) is 65.4 Å². The minimum Gasteiger partial charge on any atom is -0.508 e. The van der Waals surface area contributed by atoms with E-state index in [2.05, 4.69) is 15.5 Å². The van der Waals surface area contributed by atoms with Gasteiger partial charge in [-0.2, -0.15) is 5.10 Å². The van der Waals surface area contributed by atoms with Gasteiger partial charge in [-0.05, 0) is 48.9 Å². The maximum atomic E-state index is 12.5. The van der Waals surface area contributed by atoms with Crippen molar-refractivity contribution in [1.29, 1.82) is 0 Å². The van der Waals surface area contributed by atoms with E-state index in [1.54, 1.807) is 49.6 Å². The zero-order valence-electron chi connectivity index (χ0n) is 13.9. The van der Waals surface area contributed by atoms with E-state index in [0.29, 0.717) is 27.8 Å². The number of carbonyl (C=O) groups excluding carboxylic acids is 1. The van der Waals surface area contributed by atoms with Crippen LogP contribution in [0.5, 0.6) is 11.5 Å². The van der Waals surface area contributed by atoms with Gasteiger partial charge in [-0.1, -0.05) is 12.1 Å². The quantitative estimate of drug-likeness (QED) is 0.567. The normalized spacial score (nSPS) is 11.0. The molecule has 1 aromatic heterocycles. The number of aryl methyl sites for hydroxylation is 1. The number of aromatic nitrogens is 1. The minimum atomic E-state index is -0.347. The Hall–Kier alpha value is -3.41. The number of ether oxygens (including phenoxy) is 1. The second-order valence-corrected chi connectivity index (χ2v) is 5.49. The highest BCUT2D eigenvalue weighted by molar-refractivity contribution is 6.06. The number of phenolic OH excluding ortho intramolecular Hbond substituents is 1. The Morgan fingerprint density at radius 3 is 2.84 bits per heavy atom. The molecule has 6 nitrogen and oxygen atoms in total. The molecule has 0 atom stereocenters. The van der Waals surface area contributed by atoms with Gasteiger partial charge in [-0.25, -0.2) is 5.43 Å². The largest absolute Gasteiger partial charge is 0.508 e. The zero-order chi connectivity index (χ0) is 17.8. The first kappa shape index (κ1) is 16.4.